The van der Waals surface area contributed by atoms with E-state index in [0.717, 1.165) is 17.6 Å². The van der Waals surface area contributed by atoms with Gasteiger partial charge in [0.15, 0.2) is 0 Å². The predicted octanol–water partition coefficient (Wildman–Crippen LogP) is 0.835. The Morgan fingerprint density at radius 1 is 1.42 bits per heavy atom. The summed E-state index contributed by atoms with van der Waals surface area (Å²) in [5, 5.41) is 4.34. The molecular weight excluding hydrogens is 150 g/mol. The van der Waals surface area contributed by atoms with E-state index in [2.05, 4.69) is 11.2 Å². The first kappa shape index (κ1) is 7.31. The summed E-state index contributed by atoms with van der Waals surface area (Å²) >= 11 is 0. The Hall–Kier alpha value is -1.35. The standard InChI is InChI=1S/C9H11N3/c10-5-4-8-7-9-3-1-2-6-12(9)11-8/h1-3,6-7H,4-5,10H2. The van der Waals surface area contributed by atoms with E-state index in [1.54, 1.807) is 0 Å². The lowest BCUT2D eigenvalue weighted by atomic mass is 10.3. The van der Waals surface area contributed by atoms with Gasteiger partial charge >= 0.3 is 0 Å². The summed E-state index contributed by atoms with van der Waals surface area (Å²) in [5.41, 5.74) is 7.62. The monoisotopic (exact) mass is 161 g/mol. The second kappa shape index (κ2) is 2.95. The minimum atomic E-state index is 0.657. The Labute approximate surface area is 70.8 Å². The number of fused-ring (bicyclic) bond motifs is 1. The summed E-state index contributed by atoms with van der Waals surface area (Å²) in [5.74, 6) is 0. The third-order valence-corrected chi connectivity index (χ3v) is 1.82. The van der Waals surface area contributed by atoms with Crippen LogP contribution in [0.15, 0.2) is 30.5 Å². The maximum absolute atomic E-state index is 5.43. The normalized spacial score (nSPS) is 10.8. The number of hydrogen-bond donors (Lipinski definition) is 1. The second-order valence-electron chi connectivity index (χ2n) is 2.74. The van der Waals surface area contributed by atoms with Crippen molar-refractivity contribution in [1.82, 2.24) is 9.61 Å². The molecule has 2 aromatic heterocycles. The summed E-state index contributed by atoms with van der Waals surface area (Å²) in [6.07, 6.45) is 2.79. The van der Waals surface area contributed by atoms with Gasteiger partial charge in [-0.25, -0.2) is 4.52 Å². The molecule has 2 aromatic rings. The Morgan fingerprint density at radius 3 is 3.08 bits per heavy atom. The molecule has 0 atom stereocenters. The van der Waals surface area contributed by atoms with Crippen molar-refractivity contribution < 1.29 is 0 Å². The van der Waals surface area contributed by atoms with Crippen LogP contribution in [-0.4, -0.2) is 16.2 Å². The number of hydrogen-bond acceptors (Lipinski definition) is 2. The van der Waals surface area contributed by atoms with Crippen LogP contribution in [0.3, 0.4) is 0 Å². The van der Waals surface area contributed by atoms with E-state index in [1.807, 2.05) is 28.9 Å². The van der Waals surface area contributed by atoms with E-state index in [-0.39, 0.29) is 0 Å². The summed E-state index contributed by atoms with van der Waals surface area (Å²) in [4.78, 5) is 0. The highest BCUT2D eigenvalue weighted by molar-refractivity contribution is 5.46. The van der Waals surface area contributed by atoms with Crippen molar-refractivity contribution in [3.05, 3.63) is 36.2 Å². The zero-order valence-corrected chi connectivity index (χ0v) is 6.77. The van der Waals surface area contributed by atoms with E-state index in [9.17, 15) is 0 Å². The molecule has 62 valence electrons. The molecule has 3 nitrogen and oxygen atoms in total. The fraction of sp³-hybridized carbons (Fsp3) is 0.222. The van der Waals surface area contributed by atoms with Gasteiger partial charge in [-0.2, -0.15) is 5.10 Å². The molecule has 0 saturated carbocycles. The molecule has 0 aliphatic rings. The first-order valence-corrected chi connectivity index (χ1v) is 4.03. The van der Waals surface area contributed by atoms with Crippen LogP contribution in [-0.2, 0) is 6.42 Å². The minimum Gasteiger partial charge on any atom is -0.330 e. The van der Waals surface area contributed by atoms with Crippen molar-refractivity contribution in [2.24, 2.45) is 5.73 Å². The maximum Gasteiger partial charge on any atom is 0.0664 e. The maximum atomic E-state index is 5.43. The van der Waals surface area contributed by atoms with Crippen molar-refractivity contribution in [3.63, 3.8) is 0 Å². The fourth-order valence-electron chi connectivity index (χ4n) is 1.26. The lowest BCUT2D eigenvalue weighted by Gasteiger charge is -1.88. The zero-order valence-electron chi connectivity index (χ0n) is 6.77. The topological polar surface area (TPSA) is 43.3 Å². The number of rotatable bonds is 2. The summed E-state index contributed by atoms with van der Waals surface area (Å²) < 4.78 is 1.87. The van der Waals surface area contributed by atoms with E-state index < -0.39 is 0 Å². The molecule has 0 aromatic carbocycles. The molecule has 0 spiro atoms. The third kappa shape index (κ3) is 1.19. The lowest BCUT2D eigenvalue weighted by molar-refractivity contribution is 0.861. The molecule has 0 saturated heterocycles. The minimum absolute atomic E-state index is 0.657. The average molecular weight is 161 g/mol. The molecule has 0 bridgehead atoms. The SMILES string of the molecule is NCCc1cc2ccccn2n1. The molecule has 12 heavy (non-hydrogen) atoms. The lowest BCUT2D eigenvalue weighted by Crippen LogP contribution is -2.03. The van der Waals surface area contributed by atoms with E-state index >= 15 is 0 Å². The Balaban J connectivity index is 2.47. The summed E-state index contributed by atoms with van der Waals surface area (Å²) in [7, 11) is 0. The Morgan fingerprint density at radius 2 is 2.33 bits per heavy atom. The molecule has 3 heteroatoms. The molecule has 0 fully saturated rings. The quantitative estimate of drug-likeness (QED) is 0.709. The van der Waals surface area contributed by atoms with Crippen LogP contribution in [0.5, 0.6) is 0 Å². The van der Waals surface area contributed by atoms with Crippen molar-refractivity contribution in [2.45, 2.75) is 6.42 Å². The molecule has 0 aliphatic carbocycles. The number of nitrogens with zero attached hydrogens (tertiary/aromatic N) is 2. The van der Waals surface area contributed by atoms with Gasteiger partial charge in [-0.15, -0.1) is 0 Å². The second-order valence-corrected chi connectivity index (χ2v) is 2.74. The van der Waals surface area contributed by atoms with Crippen LogP contribution in [0.4, 0.5) is 0 Å². The summed E-state index contributed by atoms with van der Waals surface area (Å²) in [6.45, 7) is 0.657. The summed E-state index contributed by atoms with van der Waals surface area (Å²) in [6, 6.07) is 8.06. The first-order chi connectivity index (χ1) is 5.90. The molecule has 2 rings (SSSR count). The van der Waals surface area contributed by atoms with Crippen LogP contribution in [0.2, 0.25) is 0 Å². The zero-order chi connectivity index (χ0) is 8.39. The van der Waals surface area contributed by atoms with Crippen LogP contribution < -0.4 is 5.73 Å². The van der Waals surface area contributed by atoms with E-state index in [4.69, 9.17) is 5.73 Å². The highest BCUT2D eigenvalue weighted by atomic mass is 15.2. The molecule has 2 heterocycles. The Bertz CT molecular complexity index is 345. The molecule has 2 N–H and O–H groups in total. The molecular formula is C9H11N3. The largest absolute Gasteiger partial charge is 0.330 e. The van der Waals surface area contributed by atoms with Gasteiger partial charge in [0, 0.05) is 12.6 Å². The van der Waals surface area contributed by atoms with Crippen LogP contribution in [0.25, 0.3) is 5.52 Å². The van der Waals surface area contributed by atoms with Gasteiger partial charge in [0.1, 0.15) is 0 Å². The van der Waals surface area contributed by atoms with Gasteiger partial charge in [0.25, 0.3) is 0 Å². The van der Waals surface area contributed by atoms with Gasteiger partial charge < -0.3 is 5.73 Å². The number of aromatic nitrogens is 2. The number of nitrogens with two attached hydrogens (primary N) is 1. The van der Waals surface area contributed by atoms with Crippen molar-refractivity contribution in [1.29, 1.82) is 0 Å². The van der Waals surface area contributed by atoms with Gasteiger partial charge in [-0.1, -0.05) is 6.07 Å². The van der Waals surface area contributed by atoms with E-state index in [1.165, 1.54) is 0 Å². The number of pyridine rings is 1. The first-order valence-electron chi connectivity index (χ1n) is 4.03. The molecule has 0 radical (unpaired) electrons. The van der Waals surface area contributed by atoms with Crippen LogP contribution in [0.1, 0.15) is 5.69 Å². The van der Waals surface area contributed by atoms with Crippen molar-refractivity contribution in [2.75, 3.05) is 6.54 Å². The van der Waals surface area contributed by atoms with Gasteiger partial charge in [-0.05, 0) is 24.7 Å². The van der Waals surface area contributed by atoms with Crippen molar-refractivity contribution in [3.8, 4) is 0 Å². The fourth-order valence-corrected chi connectivity index (χ4v) is 1.26. The van der Waals surface area contributed by atoms with Gasteiger partial charge in [0.2, 0.25) is 0 Å². The predicted molar refractivity (Wildman–Crippen MR) is 48.0 cm³/mol. The third-order valence-electron chi connectivity index (χ3n) is 1.82. The van der Waals surface area contributed by atoms with Crippen LogP contribution in [0, 0.1) is 0 Å². The average Bonchev–Trinajstić information content (AvgIpc) is 2.47. The molecule has 0 aliphatic heterocycles. The van der Waals surface area contributed by atoms with Gasteiger partial charge in [0.05, 0.1) is 11.2 Å². The van der Waals surface area contributed by atoms with Gasteiger partial charge in [-0.3, -0.25) is 0 Å². The Kier molecular flexibility index (Phi) is 1.80. The van der Waals surface area contributed by atoms with E-state index in [0.29, 0.717) is 6.54 Å². The highest BCUT2D eigenvalue weighted by Crippen LogP contribution is 2.05. The van der Waals surface area contributed by atoms with Crippen molar-refractivity contribution >= 4 is 5.52 Å². The molecule has 0 amide bonds. The molecule has 0 unspecified atom stereocenters. The smallest absolute Gasteiger partial charge is 0.0664 e. The highest BCUT2D eigenvalue weighted by Gasteiger charge is 1.97. The van der Waals surface area contributed by atoms with Crippen LogP contribution >= 0.6 is 0 Å².